The van der Waals surface area contributed by atoms with Crippen LogP contribution in [0.3, 0.4) is 0 Å². The van der Waals surface area contributed by atoms with Crippen LogP contribution in [-0.4, -0.2) is 34.9 Å². The first-order valence-corrected chi connectivity index (χ1v) is 9.42. The van der Waals surface area contributed by atoms with Gasteiger partial charge in [0.2, 0.25) is 0 Å². The lowest BCUT2D eigenvalue weighted by Gasteiger charge is -2.17. The average Bonchev–Trinajstić information content (AvgIpc) is 3.32. The Balaban J connectivity index is 1.65. The number of carbonyl (C=O) groups is 1. The highest BCUT2D eigenvalue weighted by atomic mass is 16.5. The molecule has 1 fully saturated rings. The van der Waals surface area contributed by atoms with Gasteiger partial charge in [0, 0.05) is 42.4 Å². The van der Waals surface area contributed by atoms with Crippen LogP contribution in [0.4, 0.5) is 0 Å². The van der Waals surface area contributed by atoms with E-state index in [1.54, 1.807) is 0 Å². The molecule has 1 saturated heterocycles. The van der Waals surface area contributed by atoms with Crippen molar-refractivity contribution in [2.75, 3.05) is 13.2 Å². The van der Waals surface area contributed by atoms with E-state index in [0.29, 0.717) is 13.1 Å². The number of rotatable bonds is 7. The highest BCUT2D eigenvalue weighted by Crippen LogP contribution is 2.28. The van der Waals surface area contributed by atoms with E-state index in [1.807, 2.05) is 48.7 Å². The number of nitrogens with one attached hydrogen (secondary N) is 1. The van der Waals surface area contributed by atoms with E-state index < -0.39 is 12.0 Å². The summed E-state index contributed by atoms with van der Waals surface area (Å²) in [7, 11) is 0. The molecule has 1 aliphatic rings. The van der Waals surface area contributed by atoms with Crippen LogP contribution < -0.4 is 5.32 Å². The molecule has 0 saturated carbocycles. The minimum absolute atomic E-state index is 0.101. The van der Waals surface area contributed by atoms with Crippen LogP contribution in [0.25, 0.3) is 10.9 Å². The van der Waals surface area contributed by atoms with Crippen LogP contribution >= 0.6 is 0 Å². The maximum atomic E-state index is 12.0. The van der Waals surface area contributed by atoms with E-state index in [2.05, 4.69) is 22.0 Å². The number of hydrogen-bond donors (Lipinski definition) is 2. The smallest absolute Gasteiger partial charge is 0.325 e. The molecule has 2 aromatic carbocycles. The van der Waals surface area contributed by atoms with Gasteiger partial charge in [0.15, 0.2) is 0 Å². The number of aliphatic carboxylic acids is 1. The molecule has 2 atom stereocenters. The van der Waals surface area contributed by atoms with Crippen molar-refractivity contribution < 1.29 is 14.6 Å². The van der Waals surface area contributed by atoms with E-state index in [0.717, 1.165) is 35.9 Å². The van der Waals surface area contributed by atoms with Gasteiger partial charge in [-0.3, -0.25) is 10.1 Å². The second-order valence-electron chi connectivity index (χ2n) is 7.03. The Morgan fingerprint density at radius 2 is 1.96 bits per heavy atom. The first-order chi connectivity index (χ1) is 13.2. The normalized spacial score (nSPS) is 18.0. The summed E-state index contributed by atoms with van der Waals surface area (Å²) >= 11 is 0. The van der Waals surface area contributed by atoms with E-state index in [-0.39, 0.29) is 6.10 Å². The van der Waals surface area contributed by atoms with Crippen LogP contribution in [0, 0.1) is 0 Å². The second-order valence-corrected chi connectivity index (χ2v) is 7.03. The van der Waals surface area contributed by atoms with E-state index in [4.69, 9.17) is 4.74 Å². The van der Waals surface area contributed by atoms with Crippen molar-refractivity contribution in [3.63, 3.8) is 0 Å². The van der Waals surface area contributed by atoms with Crippen molar-refractivity contribution in [1.82, 2.24) is 9.88 Å². The summed E-state index contributed by atoms with van der Waals surface area (Å²) in [4.78, 5) is 12.0. The van der Waals surface area contributed by atoms with Gasteiger partial charge >= 0.3 is 5.97 Å². The lowest BCUT2D eigenvalue weighted by molar-refractivity contribution is -0.139. The van der Waals surface area contributed by atoms with Gasteiger partial charge in [-0.2, -0.15) is 0 Å². The molecule has 1 aliphatic heterocycles. The zero-order valence-corrected chi connectivity index (χ0v) is 15.2. The van der Waals surface area contributed by atoms with Crippen LogP contribution in [-0.2, 0) is 16.1 Å². The molecule has 3 aromatic rings. The highest BCUT2D eigenvalue weighted by Gasteiger charge is 2.26. The number of carboxylic acid groups (broad SMARTS) is 1. The lowest BCUT2D eigenvalue weighted by atomic mass is 10.1. The molecule has 2 heterocycles. The lowest BCUT2D eigenvalue weighted by Crippen LogP contribution is -2.34. The number of benzene rings is 2. The highest BCUT2D eigenvalue weighted by molar-refractivity contribution is 5.89. The number of para-hydroxylation sites is 1. The molecule has 1 aromatic heterocycles. The summed E-state index contributed by atoms with van der Waals surface area (Å²) in [5.41, 5.74) is 3.03. The first-order valence-electron chi connectivity index (χ1n) is 9.42. The molecule has 0 spiro atoms. The Labute approximate surface area is 158 Å². The molecule has 5 heteroatoms. The van der Waals surface area contributed by atoms with Crippen molar-refractivity contribution >= 4 is 16.9 Å². The summed E-state index contributed by atoms with van der Waals surface area (Å²) < 4.78 is 7.76. The predicted molar refractivity (Wildman–Crippen MR) is 105 cm³/mol. The summed E-state index contributed by atoms with van der Waals surface area (Å²) in [6.45, 7) is 2.02. The Morgan fingerprint density at radius 1 is 1.19 bits per heavy atom. The van der Waals surface area contributed by atoms with Gasteiger partial charge in [-0.15, -0.1) is 0 Å². The third kappa shape index (κ3) is 3.89. The van der Waals surface area contributed by atoms with Crippen molar-refractivity contribution in [3.8, 4) is 0 Å². The molecule has 5 nitrogen and oxygen atoms in total. The summed E-state index contributed by atoms with van der Waals surface area (Å²) in [6.07, 6.45) is 4.10. The Hall–Kier alpha value is -2.63. The zero-order chi connectivity index (χ0) is 18.6. The van der Waals surface area contributed by atoms with Crippen LogP contribution in [0.5, 0.6) is 0 Å². The maximum absolute atomic E-state index is 12.0. The third-order valence-electron chi connectivity index (χ3n) is 5.15. The molecular weight excluding hydrogens is 340 g/mol. The van der Waals surface area contributed by atoms with Gasteiger partial charge in [0.05, 0.1) is 6.10 Å². The van der Waals surface area contributed by atoms with Crippen molar-refractivity contribution in [2.24, 2.45) is 0 Å². The van der Waals surface area contributed by atoms with Gasteiger partial charge < -0.3 is 14.4 Å². The van der Waals surface area contributed by atoms with Crippen molar-refractivity contribution in [1.29, 1.82) is 0 Å². The summed E-state index contributed by atoms with van der Waals surface area (Å²) in [5, 5.41) is 14.0. The number of hydrogen-bond acceptors (Lipinski definition) is 3. The number of nitrogens with zero attached hydrogens (tertiary/aromatic N) is 1. The Kier molecular flexibility index (Phi) is 5.23. The van der Waals surface area contributed by atoms with Gasteiger partial charge in [0.25, 0.3) is 0 Å². The fraction of sp³-hybridized carbons (Fsp3) is 0.318. The number of carboxylic acids is 1. The van der Waals surface area contributed by atoms with Gasteiger partial charge in [-0.1, -0.05) is 48.5 Å². The topological polar surface area (TPSA) is 63.5 Å². The maximum Gasteiger partial charge on any atom is 0.325 e. The van der Waals surface area contributed by atoms with E-state index in [1.165, 1.54) is 5.56 Å². The SMILES string of the molecule is O=C(O)C(NCC1CCCO1)c1cn(Cc2ccccc2)c2ccccc12. The van der Waals surface area contributed by atoms with Crippen LogP contribution in [0.1, 0.15) is 30.0 Å². The average molecular weight is 364 g/mol. The minimum Gasteiger partial charge on any atom is -0.480 e. The Bertz CT molecular complexity index is 914. The molecule has 2 N–H and O–H groups in total. The molecule has 4 rings (SSSR count). The standard InChI is InChI=1S/C22H24N2O3/c25-22(26)21(23-13-17-9-6-12-27-17)19-15-24(14-16-7-2-1-3-8-16)20-11-5-4-10-18(19)20/h1-5,7-8,10-11,15,17,21,23H,6,9,12-14H2,(H,25,26). The molecule has 0 radical (unpaired) electrons. The second kappa shape index (κ2) is 7.94. The molecule has 0 bridgehead atoms. The number of ether oxygens (including phenoxy) is 1. The van der Waals surface area contributed by atoms with Crippen molar-refractivity contribution in [2.45, 2.75) is 31.5 Å². The molecule has 0 aliphatic carbocycles. The van der Waals surface area contributed by atoms with Gasteiger partial charge in [-0.05, 0) is 24.5 Å². The first kappa shape index (κ1) is 17.8. The zero-order valence-electron chi connectivity index (χ0n) is 15.2. The fourth-order valence-electron chi connectivity index (χ4n) is 3.80. The number of fused-ring (bicyclic) bond motifs is 1. The van der Waals surface area contributed by atoms with Gasteiger partial charge in [0.1, 0.15) is 6.04 Å². The number of aromatic nitrogens is 1. The summed E-state index contributed by atoms with van der Waals surface area (Å²) in [6, 6.07) is 17.4. The molecule has 0 amide bonds. The quantitative estimate of drug-likeness (QED) is 0.673. The largest absolute Gasteiger partial charge is 0.480 e. The van der Waals surface area contributed by atoms with E-state index in [9.17, 15) is 9.90 Å². The molecular formula is C22H24N2O3. The molecule has 140 valence electrons. The minimum atomic E-state index is -0.865. The fourth-order valence-corrected chi connectivity index (χ4v) is 3.80. The summed E-state index contributed by atoms with van der Waals surface area (Å²) in [5.74, 6) is -0.865. The van der Waals surface area contributed by atoms with Crippen molar-refractivity contribution in [3.05, 3.63) is 71.9 Å². The van der Waals surface area contributed by atoms with Crippen LogP contribution in [0.15, 0.2) is 60.8 Å². The molecule has 27 heavy (non-hydrogen) atoms. The Morgan fingerprint density at radius 3 is 2.70 bits per heavy atom. The van der Waals surface area contributed by atoms with Gasteiger partial charge in [-0.25, -0.2) is 0 Å². The molecule has 2 unspecified atom stereocenters. The van der Waals surface area contributed by atoms with Crippen LogP contribution in [0.2, 0.25) is 0 Å². The predicted octanol–water partition coefficient (Wildman–Crippen LogP) is 3.58. The monoisotopic (exact) mass is 364 g/mol. The van der Waals surface area contributed by atoms with E-state index >= 15 is 0 Å². The third-order valence-corrected chi connectivity index (χ3v) is 5.15.